The lowest BCUT2D eigenvalue weighted by atomic mass is 10.0. The van der Waals surface area contributed by atoms with Crippen molar-refractivity contribution in [2.24, 2.45) is 0 Å². The number of hydrogen-bond donors (Lipinski definition) is 1. The van der Waals surface area contributed by atoms with Crippen LogP contribution in [0.2, 0.25) is 0 Å². The molecule has 0 fully saturated rings. The van der Waals surface area contributed by atoms with Crippen molar-refractivity contribution in [1.82, 2.24) is 5.32 Å². The highest BCUT2D eigenvalue weighted by Crippen LogP contribution is 2.19. The van der Waals surface area contributed by atoms with Crippen LogP contribution >= 0.6 is 0 Å². The van der Waals surface area contributed by atoms with Gasteiger partial charge in [-0.05, 0) is 36.2 Å². The average Bonchev–Trinajstić information content (AvgIpc) is 2.54. The van der Waals surface area contributed by atoms with Gasteiger partial charge in [0.15, 0.2) is 9.84 Å². The molecule has 0 radical (unpaired) electrons. The van der Waals surface area contributed by atoms with Crippen molar-refractivity contribution < 1.29 is 13.2 Å². The van der Waals surface area contributed by atoms with E-state index in [9.17, 15) is 13.2 Å². The molecular weight excluding hydrogens is 310 g/mol. The molecule has 2 aromatic rings. The van der Waals surface area contributed by atoms with Crippen LogP contribution in [0.5, 0.6) is 0 Å². The molecule has 0 saturated carbocycles. The van der Waals surface area contributed by atoms with Gasteiger partial charge >= 0.3 is 0 Å². The van der Waals surface area contributed by atoms with Crippen molar-refractivity contribution in [2.45, 2.75) is 30.7 Å². The maximum Gasteiger partial charge on any atom is 0.251 e. The topological polar surface area (TPSA) is 63.2 Å². The molecule has 1 amide bonds. The fraction of sp³-hybridized carbons (Fsp3) is 0.278. The fourth-order valence-electron chi connectivity index (χ4n) is 2.39. The Labute approximate surface area is 137 Å². The Morgan fingerprint density at radius 2 is 1.65 bits per heavy atom. The van der Waals surface area contributed by atoms with Crippen molar-refractivity contribution in [3.05, 3.63) is 65.7 Å². The quantitative estimate of drug-likeness (QED) is 0.883. The van der Waals surface area contributed by atoms with E-state index in [1.54, 1.807) is 12.1 Å². The summed E-state index contributed by atoms with van der Waals surface area (Å²) in [6, 6.07) is 15.8. The fourth-order valence-corrected chi connectivity index (χ4v) is 3.02. The van der Waals surface area contributed by atoms with E-state index >= 15 is 0 Å². The molecule has 1 N–H and O–H groups in total. The van der Waals surface area contributed by atoms with Gasteiger partial charge in [0.25, 0.3) is 5.91 Å². The van der Waals surface area contributed by atoms with Crippen LogP contribution in [0.4, 0.5) is 0 Å². The maximum absolute atomic E-state index is 12.4. The minimum atomic E-state index is -3.25. The number of amides is 1. The summed E-state index contributed by atoms with van der Waals surface area (Å²) >= 11 is 0. The zero-order valence-corrected chi connectivity index (χ0v) is 14.1. The third-order valence-electron chi connectivity index (χ3n) is 3.63. The lowest BCUT2D eigenvalue weighted by Gasteiger charge is -2.18. The second-order valence-corrected chi connectivity index (χ2v) is 7.54. The lowest BCUT2D eigenvalue weighted by molar-refractivity contribution is 0.0934. The highest BCUT2D eigenvalue weighted by Gasteiger charge is 2.15. The summed E-state index contributed by atoms with van der Waals surface area (Å²) in [6.07, 6.45) is 2.94. The summed E-state index contributed by atoms with van der Waals surface area (Å²) in [6.45, 7) is 2.07. The van der Waals surface area contributed by atoms with Gasteiger partial charge in [-0.15, -0.1) is 0 Å². The summed E-state index contributed by atoms with van der Waals surface area (Å²) in [5.74, 6) is -0.202. The Morgan fingerprint density at radius 1 is 1.04 bits per heavy atom. The molecule has 0 bridgehead atoms. The normalized spacial score (nSPS) is 12.6. The Balaban J connectivity index is 2.16. The summed E-state index contributed by atoms with van der Waals surface area (Å²) < 4.78 is 22.9. The van der Waals surface area contributed by atoms with Gasteiger partial charge < -0.3 is 5.32 Å². The SMILES string of the molecule is CCC[C@@H](NC(=O)c1ccc(S(C)(=O)=O)cc1)c1ccccc1. The van der Waals surface area contributed by atoms with Crippen LogP contribution in [0.15, 0.2) is 59.5 Å². The lowest BCUT2D eigenvalue weighted by Crippen LogP contribution is -2.28. The first-order chi connectivity index (χ1) is 10.9. The van der Waals surface area contributed by atoms with Gasteiger partial charge in [0.05, 0.1) is 10.9 Å². The number of sulfone groups is 1. The standard InChI is InChI=1S/C18H21NO3S/c1-3-7-17(14-8-5-4-6-9-14)19-18(20)15-10-12-16(13-11-15)23(2,21)22/h4-6,8-13,17H,3,7H2,1-2H3,(H,19,20)/t17-/m1/s1. The van der Waals surface area contributed by atoms with E-state index in [4.69, 9.17) is 0 Å². The molecule has 0 aromatic heterocycles. The molecule has 1 atom stereocenters. The van der Waals surface area contributed by atoms with E-state index in [2.05, 4.69) is 12.2 Å². The molecule has 5 heteroatoms. The Hall–Kier alpha value is -2.14. The second kappa shape index (κ2) is 7.42. The van der Waals surface area contributed by atoms with E-state index < -0.39 is 9.84 Å². The van der Waals surface area contributed by atoms with E-state index in [-0.39, 0.29) is 16.8 Å². The monoisotopic (exact) mass is 331 g/mol. The molecule has 2 rings (SSSR count). The number of carbonyl (C=O) groups is 1. The molecule has 0 heterocycles. The van der Waals surface area contributed by atoms with Gasteiger partial charge in [0.2, 0.25) is 0 Å². The summed E-state index contributed by atoms with van der Waals surface area (Å²) in [4.78, 5) is 12.6. The van der Waals surface area contributed by atoms with Gasteiger partial charge in [-0.3, -0.25) is 4.79 Å². The van der Waals surface area contributed by atoms with Crippen LogP contribution in [-0.2, 0) is 9.84 Å². The third kappa shape index (κ3) is 4.66. The van der Waals surface area contributed by atoms with Crippen LogP contribution in [0.3, 0.4) is 0 Å². The van der Waals surface area contributed by atoms with Crippen molar-refractivity contribution in [3.8, 4) is 0 Å². The Morgan fingerprint density at radius 3 is 2.17 bits per heavy atom. The van der Waals surface area contributed by atoms with Gasteiger partial charge in [-0.1, -0.05) is 43.7 Å². The average molecular weight is 331 g/mol. The van der Waals surface area contributed by atoms with E-state index in [1.165, 1.54) is 12.1 Å². The molecule has 23 heavy (non-hydrogen) atoms. The first-order valence-corrected chi connectivity index (χ1v) is 9.47. The van der Waals surface area contributed by atoms with Crippen molar-refractivity contribution in [2.75, 3.05) is 6.26 Å². The van der Waals surface area contributed by atoms with Crippen molar-refractivity contribution >= 4 is 15.7 Å². The number of hydrogen-bond acceptors (Lipinski definition) is 3. The highest BCUT2D eigenvalue weighted by molar-refractivity contribution is 7.90. The zero-order chi connectivity index (χ0) is 16.9. The molecule has 0 spiro atoms. The summed E-state index contributed by atoms with van der Waals surface area (Å²) in [7, 11) is -3.25. The smallest absolute Gasteiger partial charge is 0.251 e. The van der Waals surface area contributed by atoms with E-state index in [0.717, 1.165) is 24.7 Å². The van der Waals surface area contributed by atoms with Gasteiger partial charge in [-0.25, -0.2) is 8.42 Å². The van der Waals surface area contributed by atoms with E-state index in [1.807, 2.05) is 30.3 Å². The maximum atomic E-state index is 12.4. The molecule has 0 saturated heterocycles. The molecule has 0 aliphatic heterocycles. The predicted octanol–water partition coefficient (Wildman–Crippen LogP) is 3.36. The molecular formula is C18H21NO3S. The van der Waals surface area contributed by atoms with Gasteiger partial charge in [0.1, 0.15) is 0 Å². The predicted molar refractivity (Wildman–Crippen MR) is 91.1 cm³/mol. The van der Waals surface area contributed by atoms with Crippen LogP contribution < -0.4 is 5.32 Å². The van der Waals surface area contributed by atoms with Crippen molar-refractivity contribution in [3.63, 3.8) is 0 Å². The second-order valence-electron chi connectivity index (χ2n) is 5.52. The van der Waals surface area contributed by atoms with Crippen molar-refractivity contribution in [1.29, 1.82) is 0 Å². The van der Waals surface area contributed by atoms with Gasteiger partial charge in [-0.2, -0.15) is 0 Å². The highest BCUT2D eigenvalue weighted by atomic mass is 32.2. The number of rotatable bonds is 6. The summed E-state index contributed by atoms with van der Waals surface area (Å²) in [5, 5.41) is 3.02. The van der Waals surface area contributed by atoms with Crippen LogP contribution in [0.1, 0.15) is 41.7 Å². The van der Waals surface area contributed by atoms with E-state index in [0.29, 0.717) is 5.56 Å². The molecule has 2 aromatic carbocycles. The third-order valence-corrected chi connectivity index (χ3v) is 4.76. The first kappa shape index (κ1) is 17.2. The van der Waals surface area contributed by atoms with Crippen LogP contribution in [0.25, 0.3) is 0 Å². The minimum absolute atomic E-state index is 0.0525. The molecule has 0 unspecified atom stereocenters. The number of nitrogens with one attached hydrogen (secondary N) is 1. The zero-order valence-electron chi connectivity index (χ0n) is 13.3. The molecule has 0 aliphatic rings. The number of carbonyl (C=O) groups excluding carboxylic acids is 1. The largest absolute Gasteiger partial charge is 0.345 e. The first-order valence-electron chi connectivity index (χ1n) is 7.57. The summed E-state index contributed by atoms with van der Waals surface area (Å²) in [5.41, 5.74) is 1.52. The minimum Gasteiger partial charge on any atom is -0.345 e. The molecule has 0 aliphatic carbocycles. The Bertz CT molecular complexity index is 753. The van der Waals surface area contributed by atoms with Crippen LogP contribution in [0, 0.1) is 0 Å². The molecule has 122 valence electrons. The Kier molecular flexibility index (Phi) is 5.55. The van der Waals surface area contributed by atoms with Crippen LogP contribution in [-0.4, -0.2) is 20.6 Å². The number of benzene rings is 2. The molecule has 4 nitrogen and oxygen atoms in total. The van der Waals surface area contributed by atoms with Gasteiger partial charge in [0, 0.05) is 11.8 Å².